The Hall–Kier alpha value is -2.89. The predicted octanol–water partition coefficient (Wildman–Crippen LogP) is 18.0. The molecule has 0 radical (unpaired) electrons. The zero-order chi connectivity index (χ0) is 46.5. The van der Waals surface area contributed by atoms with E-state index in [0.29, 0.717) is 19.3 Å². The van der Waals surface area contributed by atoms with Crippen molar-refractivity contribution in [1.82, 2.24) is 0 Å². The van der Waals surface area contributed by atoms with Crippen molar-refractivity contribution in [2.24, 2.45) is 0 Å². The van der Waals surface area contributed by atoms with Crippen molar-refractivity contribution < 1.29 is 28.6 Å². The van der Waals surface area contributed by atoms with Gasteiger partial charge in [0.2, 0.25) is 0 Å². The smallest absolute Gasteiger partial charge is 0.306 e. The number of rotatable bonds is 49. The second kappa shape index (κ2) is 52.7. The average molecular weight is 895 g/mol. The third kappa shape index (κ3) is 50.1. The van der Waals surface area contributed by atoms with Crippen molar-refractivity contribution in [3.05, 3.63) is 60.8 Å². The van der Waals surface area contributed by atoms with Gasteiger partial charge in [-0.25, -0.2) is 0 Å². The highest BCUT2D eigenvalue weighted by Gasteiger charge is 2.19. The van der Waals surface area contributed by atoms with Gasteiger partial charge in [0.25, 0.3) is 0 Å². The van der Waals surface area contributed by atoms with Gasteiger partial charge in [-0.05, 0) is 77.0 Å². The Morgan fingerprint density at radius 1 is 0.328 bits per heavy atom. The molecule has 0 aliphatic heterocycles. The van der Waals surface area contributed by atoms with Gasteiger partial charge in [0.1, 0.15) is 13.2 Å². The number of allylic oxidation sites excluding steroid dienone is 10. The number of ether oxygens (including phenoxy) is 3. The quantitative estimate of drug-likeness (QED) is 0.0262. The van der Waals surface area contributed by atoms with Gasteiger partial charge in [0.15, 0.2) is 6.10 Å². The van der Waals surface area contributed by atoms with Crippen molar-refractivity contribution in [1.29, 1.82) is 0 Å². The monoisotopic (exact) mass is 895 g/mol. The molecule has 0 fully saturated rings. The molecule has 0 heterocycles. The number of unbranched alkanes of at least 4 members (excludes halogenated alkanes) is 28. The van der Waals surface area contributed by atoms with Gasteiger partial charge in [-0.1, -0.05) is 236 Å². The van der Waals surface area contributed by atoms with Crippen LogP contribution in [0.3, 0.4) is 0 Å². The molecular formula is C58H102O6. The van der Waals surface area contributed by atoms with Crippen LogP contribution in [0.25, 0.3) is 0 Å². The lowest BCUT2D eigenvalue weighted by molar-refractivity contribution is -0.167. The molecule has 0 aromatic heterocycles. The van der Waals surface area contributed by atoms with Crippen LogP contribution in [0.1, 0.15) is 271 Å². The molecule has 0 N–H and O–H groups in total. The lowest BCUT2D eigenvalue weighted by atomic mass is 10.0. The van der Waals surface area contributed by atoms with Gasteiger partial charge in [-0.15, -0.1) is 0 Å². The second-order valence-electron chi connectivity index (χ2n) is 18.1. The van der Waals surface area contributed by atoms with Gasteiger partial charge < -0.3 is 14.2 Å². The maximum absolute atomic E-state index is 12.8. The summed E-state index contributed by atoms with van der Waals surface area (Å²) in [5, 5.41) is 0. The van der Waals surface area contributed by atoms with E-state index < -0.39 is 6.10 Å². The molecule has 64 heavy (non-hydrogen) atoms. The fourth-order valence-electron chi connectivity index (χ4n) is 7.67. The molecule has 1 atom stereocenters. The molecule has 0 bridgehead atoms. The summed E-state index contributed by atoms with van der Waals surface area (Å²) in [4.78, 5) is 38.0. The molecule has 0 saturated heterocycles. The number of carbonyl (C=O) groups excluding carboxylic acids is 3. The van der Waals surface area contributed by atoms with Crippen LogP contribution in [0.4, 0.5) is 0 Å². The van der Waals surface area contributed by atoms with Crippen molar-refractivity contribution in [3.8, 4) is 0 Å². The van der Waals surface area contributed by atoms with Gasteiger partial charge in [-0.2, -0.15) is 0 Å². The van der Waals surface area contributed by atoms with E-state index in [1.54, 1.807) is 0 Å². The van der Waals surface area contributed by atoms with Gasteiger partial charge in [0.05, 0.1) is 0 Å². The van der Waals surface area contributed by atoms with Crippen molar-refractivity contribution in [2.45, 2.75) is 277 Å². The molecule has 0 aromatic carbocycles. The highest BCUT2D eigenvalue weighted by Crippen LogP contribution is 2.16. The standard InChI is InChI=1S/C58H102O6/c1-4-7-10-13-16-19-22-25-27-29-31-33-36-39-42-45-48-51-57(60)63-54-55(53-62-56(59)50-47-44-41-38-35-24-21-18-15-12-9-6-3)64-58(61)52-49-46-43-40-37-34-32-30-28-26-23-20-17-14-11-8-5-2/h9,12,18,21,25,27,31,33,39,42,55H,4-8,10-11,13-17,19-20,22-24,26,28-30,32,34-38,40-41,43-54H2,1-3H3/b12-9-,21-18-,27-25-,33-31-,42-39-. The molecule has 0 aliphatic rings. The Morgan fingerprint density at radius 3 is 1.02 bits per heavy atom. The van der Waals surface area contributed by atoms with E-state index in [0.717, 1.165) is 89.9 Å². The van der Waals surface area contributed by atoms with E-state index in [4.69, 9.17) is 14.2 Å². The topological polar surface area (TPSA) is 78.9 Å². The van der Waals surface area contributed by atoms with E-state index in [-0.39, 0.29) is 37.5 Å². The van der Waals surface area contributed by atoms with Crippen LogP contribution in [-0.2, 0) is 28.6 Å². The number of hydrogen-bond donors (Lipinski definition) is 0. The summed E-state index contributed by atoms with van der Waals surface area (Å²) in [5.74, 6) is -0.954. The summed E-state index contributed by atoms with van der Waals surface area (Å²) >= 11 is 0. The van der Waals surface area contributed by atoms with Crippen LogP contribution in [0.2, 0.25) is 0 Å². The molecule has 370 valence electrons. The predicted molar refractivity (Wildman–Crippen MR) is 275 cm³/mol. The van der Waals surface area contributed by atoms with Gasteiger partial charge in [0, 0.05) is 19.3 Å². The highest BCUT2D eigenvalue weighted by molar-refractivity contribution is 5.71. The first-order chi connectivity index (χ1) is 31.5. The molecule has 0 aliphatic carbocycles. The maximum atomic E-state index is 12.8. The number of carbonyl (C=O) groups is 3. The normalized spacial score (nSPS) is 12.5. The van der Waals surface area contributed by atoms with Crippen LogP contribution < -0.4 is 0 Å². The Bertz CT molecular complexity index is 1170. The number of esters is 3. The van der Waals surface area contributed by atoms with E-state index in [1.807, 2.05) is 0 Å². The van der Waals surface area contributed by atoms with Crippen molar-refractivity contribution in [2.75, 3.05) is 13.2 Å². The molecule has 6 nitrogen and oxygen atoms in total. The molecule has 6 heteroatoms. The summed E-state index contributed by atoms with van der Waals surface area (Å²) in [6, 6.07) is 0. The Morgan fingerprint density at radius 2 is 0.625 bits per heavy atom. The zero-order valence-corrected chi connectivity index (χ0v) is 42.3. The largest absolute Gasteiger partial charge is 0.462 e. The number of hydrogen-bond acceptors (Lipinski definition) is 6. The van der Waals surface area contributed by atoms with Crippen molar-refractivity contribution >= 4 is 17.9 Å². The van der Waals surface area contributed by atoms with E-state index in [2.05, 4.69) is 81.5 Å². The van der Waals surface area contributed by atoms with Crippen LogP contribution in [-0.4, -0.2) is 37.2 Å². The minimum atomic E-state index is -0.797. The van der Waals surface area contributed by atoms with Crippen LogP contribution >= 0.6 is 0 Å². The van der Waals surface area contributed by atoms with Crippen LogP contribution in [0, 0.1) is 0 Å². The Kier molecular flexibility index (Phi) is 50.4. The zero-order valence-electron chi connectivity index (χ0n) is 42.3. The Labute approximate surface area is 396 Å². The molecule has 0 amide bonds. The van der Waals surface area contributed by atoms with E-state index >= 15 is 0 Å². The van der Waals surface area contributed by atoms with Gasteiger partial charge >= 0.3 is 17.9 Å². The summed E-state index contributed by atoms with van der Waals surface area (Å²) in [5.41, 5.74) is 0. The lowest BCUT2D eigenvalue weighted by Crippen LogP contribution is -2.30. The van der Waals surface area contributed by atoms with E-state index in [1.165, 1.54) is 135 Å². The fourth-order valence-corrected chi connectivity index (χ4v) is 7.67. The summed E-state index contributed by atoms with van der Waals surface area (Å²) in [7, 11) is 0. The summed E-state index contributed by atoms with van der Waals surface area (Å²) in [6.07, 6.45) is 65.0. The lowest BCUT2D eigenvalue weighted by Gasteiger charge is -2.18. The summed E-state index contributed by atoms with van der Waals surface area (Å²) < 4.78 is 16.8. The molecular weight excluding hydrogens is 793 g/mol. The molecule has 0 aromatic rings. The maximum Gasteiger partial charge on any atom is 0.306 e. The molecule has 0 rings (SSSR count). The third-order valence-electron chi connectivity index (χ3n) is 11.8. The molecule has 1 unspecified atom stereocenters. The fraction of sp³-hybridized carbons (Fsp3) is 0.776. The van der Waals surface area contributed by atoms with Crippen LogP contribution in [0.15, 0.2) is 60.8 Å². The Balaban J connectivity index is 4.42. The second-order valence-corrected chi connectivity index (χ2v) is 18.1. The first-order valence-corrected chi connectivity index (χ1v) is 27.3. The minimum Gasteiger partial charge on any atom is -0.462 e. The minimum absolute atomic E-state index is 0.0954. The highest BCUT2D eigenvalue weighted by atomic mass is 16.6. The van der Waals surface area contributed by atoms with Crippen molar-refractivity contribution in [3.63, 3.8) is 0 Å². The molecule has 0 spiro atoms. The third-order valence-corrected chi connectivity index (χ3v) is 11.8. The summed E-state index contributed by atoms with van der Waals surface area (Å²) in [6.45, 7) is 6.49. The average Bonchev–Trinajstić information content (AvgIpc) is 3.29. The first-order valence-electron chi connectivity index (χ1n) is 27.3. The van der Waals surface area contributed by atoms with Crippen LogP contribution in [0.5, 0.6) is 0 Å². The van der Waals surface area contributed by atoms with E-state index in [9.17, 15) is 14.4 Å². The molecule has 0 saturated carbocycles. The van der Waals surface area contributed by atoms with Gasteiger partial charge in [-0.3, -0.25) is 14.4 Å². The first kappa shape index (κ1) is 61.1. The SMILES string of the molecule is CC/C=C\C/C=C\CCCCCCCC(=O)OCC(COC(=O)CCC/C=C\C/C=C\C/C=C\CCCCCCCC)OC(=O)CCCCCCCCCCCCCCCCCCC.